The van der Waals surface area contributed by atoms with E-state index in [-0.39, 0.29) is 23.3 Å². The first-order valence-corrected chi connectivity index (χ1v) is 10.6. The SMILES string of the molecule is COc1ccc(C2CC(C(=O)Nc3ccc(F)c(Cl)c3)N(C)S(=O)(=O)N2)cc1.O=C=O. The Balaban J connectivity index is 0.00000107. The van der Waals surface area contributed by atoms with E-state index in [9.17, 15) is 17.6 Å². The van der Waals surface area contributed by atoms with Gasteiger partial charge >= 0.3 is 6.15 Å². The minimum atomic E-state index is -3.87. The van der Waals surface area contributed by atoms with Gasteiger partial charge in [0.05, 0.1) is 12.1 Å². The van der Waals surface area contributed by atoms with Gasteiger partial charge in [-0.25, -0.2) is 4.39 Å². The van der Waals surface area contributed by atoms with Crippen LogP contribution in [0.2, 0.25) is 5.02 Å². The number of anilines is 1. The Morgan fingerprint density at radius 1 is 1.26 bits per heavy atom. The molecule has 0 aromatic heterocycles. The maximum absolute atomic E-state index is 13.3. The predicted octanol–water partition coefficient (Wildman–Crippen LogP) is 2.12. The molecule has 2 N–H and O–H groups in total. The lowest BCUT2D eigenvalue weighted by Crippen LogP contribution is -2.55. The van der Waals surface area contributed by atoms with Crippen molar-refractivity contribution in [1.82, 2.24) is 9.03 Å². The summed E-state index contributed by atoms with van der Waals surface area (Å²) in [4.78, 5) is 29.0. The molecule has 1 fully saturated rings. The number of likely N-dealkylation sites (N-methyl/N-ethyl adjacent to an activating group) is 1. The Kier molecular flexibility index (Phi) is 8.26. The topological polar surface area (TPSA) is 122 Å². The summed E-state index contributed by atoms with van der Waals surface area (Å²) in [5.74, 6) is -0.503. The van der Waals surface area contributed by atoms with Crippen LogP contribution < -0.4 is 14.8 Å². The van der Waals surface area contributed by atoms with E-state index in [1.54, 1.807) is 24.3 Å². The Hall–Kier alpha value is -2.82. The molecule has 1 amide bonds. The quantitative estimate of drug-likeness (QED) is 0.704. The van der Waals surface area contributed by atoms with Gasteiger partial charge in [0.1, 0.15) is 17.6 Å². The van der Waals surface area contributed by atoms with Crippen molar-refractivity contribution in [2.45, 2.75) is 18.5 Å². The number of hydrogen-bond donors (Lipinski definition) is 2. The summed E-state index contributed by atoms with van der Waals surface area (Å²) >= 11 is 5.73. The molecule has 1 heterocycles. The fraction of sp³-hybridized carbons (Fsp3) is 0.263. The van der Waals surface area contributed by atoms with Crippen LogP contribution in [0.3, 0.4) is 0 Å². The molecule has 31 heavy (non-hydrogen) atoms. The predicted molar refractivity (Wildman–Crippen MR) is 109 cm³/mol. The van der Waals surface area contributed by atoms with Gasteiger partial charge in [-0.15, -0.1) is 0 Å². The maximum Gasteiger partial charge on any atom is 0.373 e. The highest BCUT2D eigenvalue weighted by molar-refractivity contribution is 7.87. The number of methoxy groups -OCH3 is 1. The van der Waals surface area contributed by atoms with Gasteiger partial charge in [0, 0.05) is 18.8 Å². The molecule has 12 heteroatoms. The van der Waals surface area contributed by atoms with Gasteiger partial charge < -0.3 is 10.1 Å². The highest BCUT2D eigenvalue weighted by Gasteiger charge is 2.40. The van der Waals surface area contributed by atoms with Crippen molar-refractivity contribution >= 4 is 39.6 Å². The van der Waals surface area contributed by atoms with Crippen LogP contribution in [-0.2, 0) is 24.6 Å². The number of rotatable bonds is 4. The molecule has 9 nitrogen and oxygen atoms in total. The molecule has 0 aliphatic carbocycles. The highest BCUT2D eigenvalue weighted by Crippen LogP contribution is 2.29. The number of benzene rings is 2. The Morgan fingerprint density at radius 3 is 2.42 bits per heavy atom. The highest BCUT2D eigenvalue weighted by atomic mass is 35.5. The van der Waals surface area contributed by atoms with Crippen LogP contribution in [0.5, 0.6) is 5.75 Å². The Morgan fingerprint density at radius 2 is 1.87 bits per heavy atom. The van der Waals surface area contributed by atoms with E-state index < -0.39 is 34.0 Å². The molecule has 2 aromatic carbocycles. The molecule has 2 aromatic rings. The fourth-order valence-corrected chi connectivity index (χ4v) is 4.42. The van der Waals surface area contributed by atoms with Crippen molar-refractivity contribution in [3.63, 3.8) is 0 Å². The van der Waals surface area contributed by atoms with Crippen LogP contribution in [0.4, 0.5) is 10.1 Å². The minimum absolute atomic E-state index is 0.139. The fourth-order valence-electron chi connectivity index (χ4n) is 2.96. The van der Waals surface area contributed by atoms with Crippen LogP contribution in [-0.4, -0.2) is 45.0 Å². The van der Waals surface area contributed by atoms with E-state index in [2.05, 4.69) is 10.0 Å². The van der Waals surface area contributed by atoms with Gasteiger partial charge in [-0.2, -0.15) is 27.0 Å². The van der Waals surface area contributed by atoms with Gasteiger partial charge in [-0.3, -0.25) is 4.79 Å². The molecular weight excluding hydrogens is 453 g/mol. The van der Waals surface area contributed by atoms with Crippen molar-refractivity contribution in [1.29, 1.82) is 0 Å². The van der Waals surface area contributed by atoms with Crippen molar-refractivity contribution in [2.24, 2.45) is 0 Å². The summed E-state index contributed by atoms with van der Waals surface area (Å²) in [6.45, 7) is 0. The lowest BCUT2D eigenvalue weighted by atomic mass is 9.99. The van der Waals surface area contributed by atoms with E-state index in [4.69, 9.17) is 25.9 Å². The van der Waals surface area contributed by atoms with Crippen molar-refractivity contribution in [2.75, 3.05) is 19.5 Å². The van der Waals surface area contributed by atoms with Gasteiger partial charge in [0.25, 0.3) is 10.2 Å². The van der Waals surface area contributed by atoms with E-state index in [1.807, 2.05) is 0 Å². The molecule has 0 bridgehead atoms. The first kappa shape index (κ1) is 24.4. The standard InChI is InChI=1S/C18H19ClFN3O4S.CO2/c1-23-17(18(24)21-12-5-8-15(20)14(19)9-12)10-16(22-28(23,25)26)11-3-6-13(27-2)7-4-11;2-1-3/h3-9,16-17,22H,10H2,1-2H3,(H,21,24);. The molecule has 0 radical (unpaired) electrons. The molecule has 3 rings (SSSR count). The monoisotopic (exact) mass is 471 g/mol. The van der Waals surface area contributed by atoms with Crippen LogP contribution in [0.15, 0.2) is 42.5 Å². The molecule has 2 unspecified atom stereocenters. The molecule has 1 aliphatic heterocycles. The molecule has 0 spiro atoms. The number of amides is 1. The second-order valence-corrected chi connectivity index (χ2v) is 8.59. The number of hydrogen-bond acceptors (Lipinski definition) is 6. The van der Waals surface area contributed by atoms with E-state index in [0.29, 0.717) is 11.3 Å². The largest absolute Gasteiger partial charge is 0.497 e. The summed E-state index contributed by atoms with van der Waals surface area (Å²) in [5, 5.41) is 2.46. The number of halogens is 2. The zero-order chi connectivity index (χ0) is 23.2. The third-order valence-corrected chi connectivity index (χ3v) is 6.46. The number of carbonyl (C=O) groups is 1. The second kappa shape index (κ2) is 10.5. The van der Waals surface area contributed by atoms with Crippen LogP contribution >= 0.6 is 11.6 Å². The minimum Gasteiger partial charge on any atom is -0.497 e. The average molecular weight is 472 g/mol. The lowest BCUT2D eigenvalue weighted by molar-refractivity contribution is -0.191. The Labute approximate surface area is 183 Å². The second-order valence-electron chi connectivity index (χ2n) is 6.42. The molecule has 0 saturated carbocycles. The number of ether oxygens (including phenoxy) is 1. The van der Waals surface area contributed by atoms with Crippen LogP contribution in [0.25, 0.3) is 0 Å². The molecule has 2 atom stereocenters. The van der Waals surface area contributed by atoms with Crippen LogP contribution in [0.1, 0.15) is 18.0 Å². The number of carbonyl (C=O) groups excluding carboxylic acids is 3. The summed E-state index contributed by atoms with van der Waals surface area (Å²) in [6, 6.07) is 9.14. The zero-order valence-electron chi connectivity index (χ0n) is 16.5. The first-order valence-electron chi connectivity index (χ1n) is 8.77. The lowest BCUT2D eigenvalue weighted by Gasteiger charge is -2.36. The average Bonchev–Trinajstić information content (AvgIpc) is 2.73. The first-order chi connectivity index (χ1) is 14.6. The molecule has 1 aliphatic rings. The molecular formula is C19H19ClFN3O6S. The summed E-state index contributed by atoms with van der Waals surface area (Å²) < 4.78 is 46.9. The number of nitrogens with one attached hydrogen (secondary N) is 2. The van der Waals surface area contributed by atoms with Gasteiger partial charge in [-0.05, 0) is 42.3 Å². The third-order valence-electron chi connectivity index (χ3n) is 4.58. The zero-order valence-corrected chi connectivity index (χ0v) is 18.0. The van der Waals surface area contributed by atoms with Crippen molar-refractivity contribution in [3.8, 4) is 5.75 Å². The smallest absolute Gasteiger partial charge is 0.373 e. The molecule has 1 saturated heterocycles. The third kappa shape index (κ3) is 6.09. The maximum atomic E-state index is 13.3. The van der Waals surface area contributed by atoms with Gasteiger partial charge in [-0.1, -0.05) is 23.7 Å². The number of nitrogens with zero attached hydrogens (tertiary/aromatic N) is 1. The summed E-state index contributed by atoms with van der Waals surface area (Å²) in [7, 11) is -1.01. The van der Waals surface area contributed by atoms with E-state index in [1.165, 1.54) is 26.3 Å². The molecule has 166 valence electrons. The van der Waals surface area contributed by atoms with Crippen LogP contribution in [0, 0.1) is 5.82 Å². The van der Waals surface area contributed by atoms with Gasteiger partial charge in [0.15, 0.2) is 0 Å². The van der Waals surface area contributed by atoms with Gasteiger partial charge in [0.2, 0.25) is 5.91 Å². The van der Waals surface area contributed by atoms with Crippen molar-refractivity contribution in [3.05, 3.63) is 58.9 Å². The normalized spacial score (nSPS) is 20.0. The summed E-state index contributed by atoms with van der Waals surface area (Å²) in [5.41, 5.74) is 0.988. The van der Waals surface area contributed by atoms with E-state index in [0.717, 1.165) is 10.4 Å². The summed E-state index contributed by atoms with van der Waals surface area (Å²) in [6.07, 6.45) is 0.461. The Bertz CT molecular complexity index is 1070. The van der Waals surface area contributed by atoms with E-state index >= 15 is 0 Å². The van der Waals surface area contributed by atoms with Crippen molar-refractivity contribution < 1.29 is 31.9 Å².